The molecule has 0 aromatic heterocycles. The molecule has 0 saturated carbocycles. The number of likely N-dealkylation sites (tertiary alicyclic amines) is 1. The quantitative estimate of drug-likeness (QED) is 0.732. The molecule has 2 heterocycles. The lowest BCUT2D eigenvalue weighted by Crippen LogP contribution is -2.46. The summed E-state index contributed by atoms with van der Waals surface area (Å²) in [6, 6.07) is 0.447. The van der Waals surface area contributed by atoms with Crippen LogP contribution < -0.4 is 0 Å². The maximum absolute atomic E-state index is 11.6. The van der Waals surface area contributed by atoms with Crippen LogP contribution in [-0.4, -0.2) is 59.4 Å². The van der Waals surface area contributed by atoms with Crippen molar-refractivity contribution in [1.82, 2.24) is 9.80 Å². The van der Waals surface area contributed by atoms with E-state index in [1.165, 1.54) is 31.7 Å². The minimum Gasteiger partial charge on any atom is -0.338 e. The van der Waals surface area contributed by atoms with Crippen molar-refractivity contribution >= 4 is 17.7 Å². The first kappa shape index (κ1) is 12.2. The molecule has 4 heteroatoms. The van der Waals surface area contributed by atoms with Gasteiger partial charge < -0.3 is 9.80 Å². The zero-order valence-corrected chi connectivity index (χ0v) is 11.0. The fourth-order valence-corrected chi connectivity index (χ4v) is 3.72. The maximum Gasteiger partial charge on any atom is 0.219 e. The van der Waals surface area contributed by atoms with Crippen molar-refractivity contribution in [2.75, 3.05) is 37.7 Å². The highest BCUT2D eigenvalue weighted by atomic mass is 32.2. The number of rotatable bonds is 2. The van der Waals surface area contributed by atoms with E-state index in [0.29, 0.717) is 6.04 Å². The van der Waals surface area contributed by atoms with E-state index in [9.17, 15) is 4.79 Å². The first-order valence-corrected chi connectivity index (χ1v) is 7.50. The van der Waals surface area contributed by atoms with Gasteiger partial charge in [0, 0.05) is 25.8 Å². The Balaban J connectivity index is 1.93. The van der Waals surface area contributed by atoms with Crippen molar-refractivity contribution in [3.63, 3.8) is 0 Å². The fourth-order valence-electron chi connectivity index (χ4n) is 2.66. The second-order valence-corrected chi connectivity index (χ2v) is 5.95. The highest BCUT2D eigenvalue weighted by molar-refractivity contribution is 7.99. The first-order valence-electron chi connectivity index (χ1n) is 6.34. The number of hydrogen-bond acceptors (Lipinski definition) is 3. The Morgan fingerprint density at radius 2 is 2.00 bits per heavy atom. The summed E-state index contributed by atoms with van der Waals surface area (Å²) in [5.74, 6) is 2.59. The number of carbonyl (C=O) groups excluding carboxylic acids is 1. The average Bonchev–Trinajstić information content (AvgIpc) is 2.63. The van der Waals surface area contributed by atoms with Gasteiger partial charge in [-0.25, -0.2) is 0 Å². The highest BCUT2D eigenvalue weighted by Crippen LogP contribution is 2.19. The van der Waals surface area contributed by atoms with Crippen molar-refractivity contribution < 1.29 is 4.79 Å². The van der Waals surface area contributed by atoms with Crippen LogP contribution in [0.2, 0.25) is 0 Å². The summed E-state index contributed by atoms with van der Waals surface area (Å²) in [6.45, 7) is 6.22. The summed E-state index contributed by atoms with van der Waals surface area (Å²) in [5.41, 5.74) is 0. The van der Waals surface area contributed by atoms with Gasteiger partial charge in [0.05, 0.1) is 6.04 Å². The Hall–Kier alpha value is -0.220. The number of hydrogen-bond donors (Lipinski definition) is 0. The Morgan fingerprint density at radius 1 is 1.25 bits per heavy atom. The van der Waals surface area contributed by atoms with E-state index in [2.05, 4.69) is 9.80 Å². The standard InChI is InChI=1S/C12H22N2OS/c1-11(15)14-7-4-8-16-10-12(14)9-13-5-2-3-6-13/h12H,2-10H2,1H3. The Labute approximate surface area is 103 Å². The summed E-state index contributed by atoms with van der Waals surface area (Å²) in [4.78, 5) is 16.2. The van der Waals surface area contributed by atoms with Gasteiger partial charge in [-0.3, -0.25) is 4.79 Å². The SMILES string of the molecule is CC(=O)N1CCCSCC1CN1CCCC1. The Morgan fingerprint density at radius 3 is 2.69 bits per heavy atom. The molecule has 3 nitrogen and oxygen atoms in total. The van der Waals surface area contributed by atoms with E-state index in [4.69, 9.17) is 0 Å². The van der Waals surface area contributed by atoms with Crippen molar-refractivity contribution in [3.05, 3.63) is 0 Å². The van der Waals surface area contributed by atoms with E-state index in [1.807, 2.05) is 11.8 Å². The van der Waals surface area contributed by atoms with Gasteiger partial charge >= 0.3 is 0 Å². The molecule has 0 aromatic carbocycles. The molecule has 0 spiro atoms. The van der Waals surface area contributed by atoms with Gasteiger partial charge in [-0.1, -0.05) is 0 Å². The lowest BCUT2D eigenvalue weighted by Gasteiger charge is -2.31. The Bertz CT molecular complexity index is 241. The molecule has 16 heavy (non-hydrogen) atoms. The van der Waals surface area contributed by atoms with Crippen molar-refractivity contribution in [2.45, 2.75) is 32.2 Å². The second kappa shape index (κ2) is 5.92. The summed E-state index contributed by atoms with van der Waals surface area (Å²) in [6.07, 6.45) is 3.82. The molecule has 2 aliphatic heterocycles. The van der Waals surface area contributed by atoms with Crippen LogP contribution in [0, 0.1) is 0 Å². The van der Waals surface area contributed by atoms with Crippen molar-refractivity contribution in [2.24, 2.45) is 0 Å². The largest absolute Gasteiger partial charge is 0.338 e. The average molecular weight is 242 g/mol. The van der Waals surface area contributed by atoms with Crippen LogP contribution in [0.25, 0.3) is 0 Å². The third-order valence-corrected chi connectivity index (χ3v) is 4.71. The zero-order chi connectivity index (χ0) is 11.4. The molecule has 0 bridgehead atoms. The van der Waals surface area contributed by atoms with Crippen LogP contribution in [0.1, 0.15) is 26.2 Å². The normalized spacial score (nSPS) is 28.1. The molecule has 0 aromatic rings. The predicted octanol–water partition coefficient (Wildman–Crippen LogP) is 1.44. The third-order valence-electron chi connectivity index (χ3n) is 3.51. The van der Waals surface area contributed by atoms with E-state index < -0.39 is 0 Å². The molecule has 2 fully saturated rings. The molecular formula is C12H22N2OS. The van der Waals surface area contributed by atoms with Gasteiger partial charge in [0.25, 0.3) is 0 Å². The molecule has 0 aliphatic carbocycles. The third kappa shape index (κ3) is 3.14. The number of amides is 1. The van der Waals surface area contributed by atoms with E-state index in [1.54, 1.807) is 6.92 Å². The van der Waals surface area contributed by atoms with Crippen LogP contribution in [0.3, 0.4) is 0 Å². The summed E-state index contributed by atoms with van der Waals surface area (Å²) in [7, 11) is 0. The van der Waals surface area contributed by atoms with E-state index in [0.717, 1.165) is 25.3 Å². The topological polar surface area (TPSA) is 23.6 Å². The van der Waals surface area contributed by atoms with Gasteiger partial charge in [-0.15, -0.1) is 0 Å². The van der Waals surface area contributed by atoms with Crippen LogP contribution in [0.4, 0.5) is 0 Å². The predicted molar refractivity (Wildman–Crippen MR) is 68.8 cm³/mol. The summed E-state index contributed by atoms with van der Waals surface area (Å²) >= 11 is 2.01. The monoisotopic (exact) mass is 242 g/mol. The maximum atomic E-state index is 11.6. The molecule has 2 rings (SSSR count). The number of nitrogens with zero attached hydrogens (tertiary/aromatic N) is 2. The number of thioether (sulfide) groups is 1. The zero-order valence-electron chi connectivity index (χ0n) is 10.2. The van der Waals surface area contributed by atoms with E-state index in [-0.39, 0.29) is 5.91 Å². The Kier molecular flexibility index (Phi) is 4.53. The molecule has 2 aliphatic rings. The number of carbonyl (C=O) groups is 1. The van der Waals surface area contributed by atoms with Crippen LogP contribution >= 0.6 is 11.8 Å². The van der Waals surface area contributed by atoms with Crippen LogP contribution in [0.15, 0.2) is 0 Å². The smallest absolute Gasteiger partial charge is 0.219 e. The molecule has 0 radical (unpaired) electrons. The van der Waals surface area contributed by atoms with Crippen molar-refractivity contribution in [1.29, 1.82) is 0 Å². The molecule has 1 unspecified atom stereocenters. The van der Waals surface area contributed by atoms with Gasteiger partial charge in [0.15, 0.2) is 0 Å². The fraction of sp³-hybridized carbons (Fsp3) is 0.917. The lowest BCUT2D eigenvalue weighted by atomic mass is 10.2. The summed E-state index contributed by atoms with van der Waals surface area (Å²) in [5, 5.41) is 0. The van der Waals surface area contributed by atoms with Crippen LogP contribution in [0.5, 0.6) is 0 Å². The van der Waals surface area contributed by atoms with Gasteiger partial charge in [-0.2, -0.15) is 11.8 Å². The van der Waals surface area contributed by atoms with E-state index >= 15 is 0 Å². The molecule has 1 amide bonds. The minimum absolute atomic E-state index is 0.256. The first-order chi connectivity index (χ1) is 7.77. The van der Waals surface area contributed by atoms with Crippen molar-refractivity contribution in [3.8, 4) is 0 Å². The molecule has 92 valence electrons. The van der Waals surface area contributed by atoms with Gasteiger partial charge in [-0.05, 0) is 38.1 Å². The molecule has 0 N–H and O–H groups in total. The lowest BCUT2D eigenvalue weighted by molar-refractivity contribution is -0.131. The highest BCUT2D eigenvalue weighted by Gasteiger charge is 2.26. The van der Waals surface area contributed by atoms with Crippen LogP contribution in [-0.2, 0) is 4.79 Å². The minimum atomic E-state index is 0.256. The van der Waals surface area contributed by atoms with Gasteiger partial charge in [0.2, 0.25) is 5.91 Å². The summed E-state index contributed by atoms with van der Waals surface area (Å²) < 4.78 is 0. The molecule has 2 saturated heterocycles. The molecular weight excluding hydrogens is 220 g/mol. The second-order valence-electron chi connectivity index (χ2n) is 4.80. The molecule has 1 atom stereocenters. The van der Waals surface area contributed by atoms with Gasteiger partial charge in [0.1, 0.15) is 0 Å².